The number of hydrogen-bond donors (Lipinski definition) is 2. The van der Waals surface area contributed by atoms with Gasteiger partial charge in [0.25, 0.3) is 0 Å². The van der Waals surface area contributed by atoms with Crippen molar-refractivity contribution in [2.45, 2.75) is 38.5 Å². The Morgan fingerprint density at radius 1 is 1.32 bits per heavy atom. The first-order valence-corrected chi connectivity index (χ1v) is 9.16. The van der Waals surface area contributed by atoms with Gasteiger partial charge in [0.05, 0.1) is 5.41 Å². The van der Waals surface area contributed by atoms with Crippen LogP contribution >= 0.6 is 0 Å². The van der Waals surface area contributed by atoms with Crippen molar-refractivity contribution >= 4 is 22.8 Å². The first-order chi connectivity index (χ1) is 12.1. The van der Waals surface area contributed by atoms with Gasteiger partial charge in [-0.3, -0.25) is 9.59 Å². The van der Waals surface area contributed by atoms with Gasteiger partial charge in [0.15, 0.2) is 0 Å². The minimum atomic E-state index is -0.718. The van der Waals surface area contributed by atoms with Crippen LogP contribution in [0.25, 0.3) is 10.9 Å². The summed E-state index contributed by atoms with van der Waals surface area (Å²) in [5.74, 6) is -0.471. The molecule has 0 radical (unpaired) electrons. The van der Waals surface area contributed by atoms with Crippen LogP contribution in [0.1, 0.15) is 37.7 Å². The number of carboxylic acid groups (broad SMARTS) is 1. The molecule has 0 spiro atoms. The summed E-state index contributed by atoms with van der Waals surface area (Å²) in [6.07, 6.45) is 6.78. The first kappa shape index (κ1) is 16.2. The Labute approximate surface area is 147 Å². The Hall–Kier alpha value is -2.30. The number of H-pyrrole nitrogens is 1. The third kappa shape index (κ3) is 2.71. The van der Waals surface area contributed by atoms with Gasteiger partial charge in [-0.25, -0.2) is 0 Å². The van der Waals surface area contributed by atoms with E-state index in [2.05, 4.69) is 17.1 Å². The van der Waals surface area contributed by atoms with E-state index in [0.29, 0.717) is 25.9 Å². The quantitative estimate of drug-likeness (QED) is 0.878. The van der Waals surface area contributed by atoms with E-state index < -0.39 is 11.4 Å². The van der Waals surface area contributed by atoms with E-state index in [1.165, 1.54) is 10.9 Å². The van der Waals surface area contributed by atoms with Crippen molar-refractivity contribution in [2.75, 3.05) is 13.1 Å². The fraction of sp³-hybridized carbons (Fsp3) is 0.500. The van der Waals surface area contributed by atoms with Crippen LogP contribution < -0.4 is 0 Å². The number of rotatable bonds is 5. The lowest BCUT2D eigenvalue weighted by atomic mass is 9.81. The van der Waals surface area contributed by atoms with Gasteiger partial charge in [-0.15, -0.1) is 0 Å². The van der Waals surface area contributed by atoms with Crippen LogP contribution in [0.2, 0.25) is 0 Å². The number of nitrogens with one attached hydrogen (secondary N) is 1. The molecule has 1 aliphatic heterocycles. The van der Waals surface area contributed by atoms with Gasteiger partial charge in [-0.05, 0) is 43.2 Å². The van der Waals surface area contributed by atoms with E-state index >= 15 is 0 Å². The summed E-state index contributed by atoms with van der Waals surface area (Å²) in [6.45, 7) is 1.02. The molecule has 1 aliphatic carbocycles. The Bertz CT molecular complexity index is 812. The molecule has 0 unspecified atom stereocenters. The average molecular weight is 340 g/mol. The van der Waals surface area contributed by atoms with Gasteiger partial charge in [-0.2, -0.15) is 0 Å². The van der Waals surface area contributed by atoms with Crippen LogP contribution in [0.15, 0.2) is 30.5 Å². The van der Waals surface area contributed by atoms with Gasteiger partial charge >= 0.3 is 5.97 Å². The maximum Gasteiger partial charge on any atom is 0.311 e. The highest BCUT2D eigenvalue weighted by Gasteiger charge is 2.55. The zero-order chi connectivity index (χ0) is 17.4. The molecular formula is C20H24N2O3. The molecule has 2 atom stereocenters. The van der Waals surface area contributed by atoms with Gasteiger partial charge in [0, 0.05) is 36.6 Å². The number of carbonyl (C=O) groups is 2. The minimum absolute atomic E-state index is 0.106. The standard InChI is InChI=1S/C20H24N2O3/c23-18(22-12-15-6-4-10-20(15,13-22)19(24)25)9-3-5-14-11-21-17-8-2-1-7-16(14)17/h1-2,7-8,11,15,21H,3-6,9-10,12-13H2,(H,24,25)/t15-,20+/m0/s1. The molecule has 4 rings (SSSR count). The first-order valence-electron chi connectivity index (χ1n) is 9.16. The monoisotopic (exact) mass is 340 g/mol. The van der Waals surface area contributed by atoms with E-state index in [1.807, 2.05) is 18.3 Å². The number of carboxylic acids is 1. The van der Waals surface area contributed by atoms with Crippen molar-refractivity contribution in [3.8, 4) is 0 Å². The fourth-order valence-electron chi connectivity index (χ4n) is 4.76. The summed E-state index contributed by atoms with van der Waals surface area (Å²) in [5.41, 5.74) is 1.69. The van der Waals surface area contributed by atoms with Crippen LogP contribution in [0.3, 0.4) is 0 Å². The SMILES string of the molecule is O=C(CCCc1c[nH]c2ccccc12)N1C[C@@H]2CCC[C@@]2(C(=O)O)C1. The molecule has 1 saturated heterocycles. The molecule has 1 saturated carbocycles. The smallest absolute Gasteiger partial charge is 0.311 e. The molecule has 5 heteroatoms. The Morgan fingerprint density at radius 3 is 2.96 bits per heavy atom. The number of para-hydroxylation sites is 1. The number of nitrogens with zero attached hydrogens (tertiary/aromatic N) is 1. The molecular weight excluding hydrogens is 316 g/mol. The normalized spacial score (nSPS) is 25.4. The minimum Gasteiger partial charge on any atom is -0.481 e. The molecule has 2 N–H and O–H groups in total. The van der Waals surface area contributed by atoms with Crippen molar-refractivity contribution in [1.29, 1.82) is 0 Å². The molecule has 2 aliphatic rings. The number of benzene rings is 1. The van der Waals surface area contributed by atoms with Crippen LogP contribution in [0.4, 0.5) is 0 Å². The number of aryl methyl sites for hydroxylation is 1. The van der Waals surface area contributed by atoms with Crippen molar-refractivity contribution in [3.05, 3.63) is 36.0 Å². The molecule has 0 bridgehead atoms. The highest BCUT2D eigenvalue weighted by Crippen LogP contribution is 2.49. The van der Waals surface area contributed by atoms with E-state index in [9.17, 15) is 14.7 Å². The van der Waals surface area contributed by atoms with Gasteiger partial charge < -0.3 is 15.0 Å². The number of aromatic amines is 1. The molecule has 25 heavy (non-hydrogen) atoms. The summed E-state index contributed by atoms with van der Waals surface area (Å²) in [5, 5.41) is 10.9. The third-order valence-corrected chi connectivity index (χ3v) is 6.16. The number of amides is 1. The Kier molecular flexibility index (Phi) is 4.02. The second-order valence-corrected chi connectivity index (χ2v) is 7.54. The lowest BCUT2D eigenvalue weighted by Gasteiger charge is -2.23. The molecule has 2 aromatic rings. The summed E-state index contributed by atoms with van der Waals surface area (Å²) >= 11 is 0. The number of likely N-dealkylation sites (tertiary alicyclic amines) is 1. The van der Waals surface area contributed by atoms with E-state index in [1.54, 1.807) is 4.90 Å². The van der Waals surface area contributed by atoms with Gasteiger partial charge in [-0.1, -0.05) is 24.6 Å². The summed E-state index contributed by atoms with van der Waals surface area (Å²) in [6, 6.07) is 8.19. The molecule has 2 heterocycles. The summed E-state index contributed by atoms with van der Waals surface area (Å²) in [4.78, 5) is 29.3. The topological polar surface area (TPSA) is 73.4 Å². The highest BCUT2D eigenvalue weighted by molar-refractivity contribution is 5.83. The fourth-order valence-corrected chi connectivity index (χ4v) is 4.76. The van der Waals surface area contributed by atoms with Gasteiger partial charge in [0.2, 0.25) is 5.91 Å². The Morgan fingerprint density at radius 2 is 2.16 bits per heavy atom. The largest absolute Gasteiger partial charge is 0.481 e. The molecule has 1 aromatic heterocycles. The van der Waals surface area contributed by atoms with Crippen LogP contribution in [-0.4, -0.2) is 40.0 Å². The second-order valence-electron chi connectivity index (χ2n) is 7.54. The number of fused-ring (bicyclic) bond motifs is 2. The van der Waals surface area contributed by atoms with Crippen molar-refractivity contribution in [3.63, 3.8) is 0 Å². The van der Waals surface area contributed by atoms with E-state index in [4.69, 9.17) is 0 Å². The average Bonchev–Trinajstić information content (AvgIpc) is 3.27. The molecule has 2 fully saturated rings. The lowest BCUT2D eigenvalue weighted by Crippen LogP contribution is -2.37. The molecule has 5 nitrogen and oxygen atoms in total. The number of aliphatic carboxylic acids is 1. The molecule has 1 aromatic carbocycles. The number of hydrogen-bond acceptors (Lipinski definition) is 2. The predicted molar refractivity (Wildman–Crippen MR) is 95.2 cm³/mol. The third-order valence-electron chi connectivity index (χ3n) is 6.16. The summed E-state index contributed by atoms with van der Waals surface area (Å²) in [7, 11) is 0. The van der Waals surface area contributed by atoms with Crippen LogP contribution in [-0.2, 0) is 16.0 Å². The van der Waals surface area contributed by atoms with E-state index in [0.717, 1.165) is 31.2 Å². The van der Waals surface area contributed by atoms with E-state index in [-0.39, 0.29) is 11.8 Å². The lowest BCUT2D eigenvalue weighted by molar-refractivity contribution is -0.149. The highest BCUT2D eigenvalue weighted by atomic mass is 16.4. The molecule has 132 valence electrons. The predicted octanol–water partition coefficient (Wildman–Crippen LogP) is 3.20. The summed E-state index contributed by atoms with van der Waals surface area (Å²) < 4.78 is 0. The Balaban J connectivity index is 1.35. The van der Waals surface area contributed by atoms with Crippen molar-refractivity contribution < 1.29 is 14.7 Å². The maximum atomic E-state index is 12.6. The van der Waals surface area contributed by atoms with Crippen molar-refractivity contribution in [1.82, 2.24) is 9.88 Å². The van der Waals surface area contributed by atoms with Crippen LogP contribution in [0, 0.1) is 11.3 Å². The number of aromatic nitrogens is 1. The van der Waals surface area contributed by atoms with Crippen LogP contribution in [0.5, 0.6) is 0 Å². The second kappa shape index (κ2) is 6.21. The zero-order valence-corrected chi connectivity index (χ0v) is 14.3. The maximum absolute atomic E-state index is 12.6. The van der Waals surface area contributed by atoms with Gasteiger partial charge in [0.1, 0.15) is 0 Å². The number of carbonyl (C=O) groups excluding carboxylic acids is 1. The molecule has 1 amide bonds. The zero-order valence-electron chi connectivity index (χ0n) is 14.3. The van der Waals surface area contributed by atoms with Crippen molar-refractivity contribution in [2.24, 2.45) is 11.3 Å².